The fourth-order valence-electron chi connectivity index (χ4n) is 2.53. The number of sulfonamides is 1. The Labute approximate surface area is 166 Å². The fraction of sp³-hybridized carbons (Fsp3) is 0.316. The summed E-state index contributed by atoms with van der Waals surface area (Å²) in [5.74, 6) is 0.799. The van der Waals surface area contributed by atoms with Crippen LogP contribution in [0, 0.1) is 0 Å². The van der Waals surface area contributed by atoms with E-state index in [0.717, 1.165) is 17.7 Å². The molecule has 0 radical (unpaired) electrons. The fourth-order valence-corrected chi connectivity index (χ4v) is 3.74. The summed E-state index contributed by atoms with van der Waals surface area (Å²) in [4.78, 5) is 0.211. The Balaban J connectivity index is 2.10. The summed E-state index contributed by atoms with van der Waals surface area (Å²) >= 11 is 5.41. The molecule has 8 heteroatoms. The smallest absolute Gasteiger partial charge is 0.242 e. The molecule has 0 aromatic heterocycles. The molecule has 27 heavy (non-hydrogen) atoms. The zero-order valence-corrected chi connectivity index (χ0v) is 17.5. The molecule has 0 aliphatic rings. The van der Waals surface area contributed by atoms with Gasteiger partial charge in [0.05, 0.1) is 18.0 Å². The van der Waals surface area contributed by atoms with Gasteiger partial charge in [-0.2, -0.15) is 0 Å². The molecule has 0 fully saturated rings. The summed E-state index contributed by atoms with van der Waals surface area (Å²) in [5.41, 5.74) is 1.70. The van der Waals surface area contributed by atoms with Crippen LogP contribution in [0.25, 0.3) is 0 Å². The molecule has 2 rings (SSSR count). The molecule has 2 aromatic carbocycles. The summed E-state index contributed by atoms with van der Waals surface area (Å²) in [6.07, 6.45) is 0.837. The SMILES string of the molecule is CC[C@@H](NC(=S)Nc1cccc(S(=O)(=O)N(C)C)c1)c1ccc(OC)cc1. The Kier molecular flexibility index (Phi) is 7.18. The van der Waals surface area contributed by atoms with E-state index in [1.807, 2.05) is 24.3 Å². The minimum Gasteiger partial charge on any atom is -0.497 e. The van der Waals surface area contributed by atoms with E-state index in [4.69, 9.17) is 17.0 Å². The van der Waals surface area contributed by atoms with Gasteiger partial charge >= 0.3 is 0 Å². The van der Waals surface area contributed by atoms with Gasteiger partial charge in [0.15, 0.2) is 5.11 Å². The molecule has 2 aromatic rings. The highest BCUT2D eigenvalue weighted by molar-refractivity contribution is 7.89. The first-order chi connectivity index (χ1) is 12.8. The Morgan fingerprint density at radius 1 is 1.19 bits per heavy atom. The Bertz CT molecular complexity index is 881. The van der Waals surface area contributed by atoms with E-state index in [1.165, 1.54) is 18.4 Å². The predicted molar refractivity (Wildman–Crippen MR) is 113 cm³/mol. The largest absolute Gasteiger partial charge is 0.497 e. The first-order valence-electron chi connectivity index (χ1n) is 8.52. The number of nitrogens with one attached hydrogen (secondary N) is 2. The lowest BCUT2D eigenvalue weighted by Gasteiger charge is -2.20. The molecule has 0 heterocycles. The van der Waals surface area contributed by atoms with E-state index in [2.05, 4.69) is 17.6 Å². The van der Waals surface area contributed by atoms with Crippen molar-refractivity contribution in [2.45, 2.75) is 24.3 Å². The van der Waals surface area contributed by atoms with E-state index in [0.29, 0.717) is 10.8 Å². The maximum Gasteiger partial charge on any atom is 0.242 e. The van der Waals surface area contributed by atoms with E-state index >= 15 is 0 Å². The van der Waals surface area contributed by atoms with Gasteiger partial charge in [0.25, 0.3) is 0 Å². The number of methoxy groups -OCH3 is 1. The number of hydrogen-bond donors (Lipinski definition) is 2. The van der Waals surface area contributed by atoms with Crippen molar-refractivity contribution in [2.75, 3.05) is 26.5 Å². The van der Waals surface area contributed by atoms with Crippen LogP contribution in [-0.4, -0.2) is 39.0 Å². The van der Waals surface area contributed by atoms with Gasteiger partial charge in [-0.1, -0.05) is 25.1 Å². The lowest BCUT2D eigenvalue weighted by atomic mass is 10.0. The molecule has 0 aliphatic carbocycles. The molecular weight excluding hydrogens is 382 g/mol. The first kappa shape index (κ1) is 21.1. The molecule has 0 saturated carbocycles. The second-order valence-electron chi connectivity index (χ2n) is 6.15. The van der Waals surface area contributed by atoms with E-state index in [9.17, 15) is 8.42 Å². The van der Waals surface area contributed by atoms with Gasteiger partial charge in [-0.3, -0.25) is 0 Å². The minimum atomic E-state index is -3.49. The molecular formula is C19H25N3O3S2. The van der Waals surface area contributed by atoms with Gasteiger partial charge in [-0.15, -0.1) is 0 Å². The van der Waals surface area contributed by atoms with Crippen LogP contribution >= 0.6 is 12.2 Å². The van der Waals surface area contributed by atoms with Crippen LogP contribution in [0.2, 0.25) is 0 Å². The van der Waals surface area contributed by atoms with E-state index in [-0.39, 0.29) is 10.9 Å². The van der Waals surface area contributed by atoms with Crippen molar-refractivity contribution in [3.8, 4) is 5.75 Å². The maximum atomic E-state index is 12.3. The molecule has 0 amide bonds. The van der Waals surface area contributed by atoms with Crippen molar-refractivity contribution in [3.63, 3.8) is 0 Å². The van der Waals surface area contributed by atoms with Gasteiger partial charge in [-0.05, 0) is 54.5 Å². The maximum absolute atomic E-state index is 12.3. The molecule has 0 aliphatic heterocycles. The van der Waals surface area contributed by atoms with Crippen molar-refractivity contribution in [3.05, 3.63) is 54.1 Å². The number of rotatable bonds is 7. The monoisotopic (exact) mass is 407 g/mol. The van der Waals surface area contributed by atoms with Gasteiger partial charge < -0.3 is 15.4 Å². The molecule has 146 valence electrons. The van der Waals surface area contributed by atoms with Gasteiger partial charge in [-0.25, -0.2) is 12.7 Å². The molecule has 2 N–H and O–H groups in total. The number of ether oxygens (including phenoxy) is 1. The quantitative estimate of drug-likeness (QED) is 0.686. The molecule has 0 bridgehead atoms. The summed E-state index contributed by atoms with van der Waals surface area (Å²) < 4.78 is 30.9. The van der Waals surface area contributed by atoms with Crippen LogP contribution in [-0.2, 0) is 10.0 Å². The van der Waals surface area contributed by atoms with Gasteiger partial charge in [0.1, 0.15) is 5.75 Å². The van der Waals surface area contributed by atoms with Crippen LogP contribution in [0.4, 0.5) is 5.69 Å². The number of benzene rings is 2. The Hall–Kier alpha value is -2.16. The van der Waals surface area contributed by atoms with E-state index < -0.39 is 10.0 Å². The molecule has 0 unspecified atom stereocenters. The highest BCUT2D eigenvalue weighted by Crippen LogP contribution is 2.21. The number of nitrogens with zero attached hydrogens (tertiary/aromatic N) is 1. The summed E-state index contributed by atoms with van der Waals surface area (Å²) in [6.45, 7) is 2.06. The second kappa shape index (κ2) is 9.16. The van der Waals surface area contributed by atoms with Crippen LogP contribution < -0.4 is 15.4 Å². The van der Waals surface area contributed by atoms with Crippen LogP contribution in [0.1, 0.15) is 24.9 Å². The standard InChI is InChI=1S/C19H25N3O3S2/c1-5-18(14-9-11-16(25-4)12-10-14)21-19(26)20-15-7-6-8-17(13-15)27(23,24)22(2)3/h6-13,18H,5H2,1-4H3,(H2,20,21,26)/t18-/m1/s1. The van der Waals surface area contributed by atoms with Crippen molar-refractivity contribution < 1.29 is 13.2 Å². The normalized spacial score (nSPS) is 12.5. The number of hydrogen-bond acceptors (Lipinski definition) is 4. The van der Waals surface area contributed by atoms with Crippen LogP contribution in [0.5, 0.6) is 5.75 Å². The third-order valence-electron chi connectivity index (χ3n) is 4.10. The van der Waals surface area contributed by atoms with Crippen LogP contribution in [0.15, 0.2) is 53.4 Å². The number of anilines is 1. The molecule has 0 spiro atoms. The zero-order chi connectivity index (χ0) is 20.0. The van der Waals surface area contributed by atoms with Crippen molar-refractivity contribution >= 4 is 33.0 Å². The summed E-state index contributed by atoms with van der Waals surface area (Å²) in [7, 11) is 1.14. The summed E-state index contributed by atoms with van der Waals surface area (Å²) in [6, 6.07) is 14.4. The minimum absolute atomic E-state index is 0.0320. The number of thiocarbonyl (C=S) groups is 1. The second-order valence-corrected chi connectivity index (χ2v) is 8.71. The average molecular weight is 408 g/mol. The van der Waals surface area contributed by atoms with Crippen LogP contribution in [0.3, 0.4) is 0 Å². The van der Waals surface area contributed by atoms with Gasteiger partial charge in [0.2, 0.25) is 10.0 Å². The van der Waals surface area contributed by atoms with E-state index in [1.54, 1.807) is 31.4 Å². The Morgan fingerprint density at radius 2 is 1.85 bits per heavy atom. The van der Waals surface area contributed by atoms with Crippen molar-refractivity contribution in [1.29, 1.82) is 0 Å². The first-order valence-corrected chi connectivity index (χ1v) is 10.4. The molecule has 6 nitrogen and oxygen atoms in total. The third-order valence-corrected chi connectivity index (χ3v) is 6.13. The zero-order valence-electron chi connectivity index (χ0n) is 15.9. The molecule has 0 saturated heterocycles. The summed E-state index contributed by atoms with van der Waals surface area (Å²) in [5, 5.41) is 6.76. The lowest BCUT2D eigenvalue weighted by molar-refractivity contribution is 0.414. The van der Waals surface area contributed by atoms with Gasteiger partial charge in [0, 0.05) is 19.8 Å². The predicted octanol–water partition coefficient (Wildman–Crippen LogP) is 3.38. The highest BCUT2D eigenvalue weighted by atomic mass is 32.2. The highest BCUT2D eigenvalue weighted by Gasteiger charge is 2.17. The average Bonchev–Trinajstić information content (AvgIpc) is 2.66. The van der Waals surface area contributed by atoms with Crippen molar-refractivity contribution in [1.82, 2.24) is 9.62 Å². The molecule has 1 atom stereocenters. The Morgan fingerprint density at radius 3 is 2.41 bits per heavy atom. The topological polar surface area (TPSA) is 70.7 Å². The van der Waals surface area contributed by atoms with Crippen molar-refractivity contribution in [2.24, 2.45) is 0 Å². The third kappa shape index (κ3) is 5.41. The lowest BCUT2D eigenvalue weighted by Crippen LogP contribution is -2.32.